The van der Waals surface area contributed by atoms with Crippen molar-refractivity contribution in [2.45, 2.75) is 31.5 Å². The highest BCUT2D eigenvalue weighted by molar-refractivity contribution is 7.89. The van der Waals surface area contributed by atoms with E-state index in [1.165, 1.54) is 10.6 Å². The van der Waals surface area contributed by atoms with Gasteiger partial charge in [-0.15, -0.1) is 0 Å². The molecule has 9 heteroatoms. The largest absolute Gasteiger partial charge is 0.339 e. The third-order valence-electron chi connectivity index (χ3n) is 4.54. The van der Waals surface area contributed by atoms with E-state index < -0.39 is 10.0 Å². The van der Waals surface area contributed by atoms with Gasteiger partial charge in [0.1, 0.15) is 0 Å². The van der Waals surface area contributed by atoms with E-state index in [1.807, 2.05) is 0 Å². The minimum Gasteiger partial charge on any atom is -0.339 e. The number of nitrogens with zero attached hydrogens (tertiary/aromatic N) is 6. The van der Waals surface area contributed by atoms with Crippen LogP contribution in [0.2, 0.25) is 0 Å². The van der Waals surface area contributed by atoms with Gasteiger partial charge in [-0.2, -0.15) is 4.31 Å². The molecule has 0 fully saturated rings. The number of aromatic nitrogens is 4. The molecule has 8 nitrogen and oxygen atoms in total. The number of rotatable bonds is 6. The molecule has 0 N–H and O–H groups in total. The first kappa shape index (κ1) is 17.1. The van der Waals surface area contributed by atoms with Gasteiger partial charge in [-0.3, -0.25) is 0 Å². The van der Waals surface area contributed by atoms with Gasteiger partial charge in [-0.05, 0) is 13.1 Å². The fraction of sp³-hybridized carbons (Fsp3) is 0.600. The van der Waals surface area contributed by atoms with Crippen molar-refractivity contribution in [1.82, 2.24) is 28.3 Å². The van der Waals surface area contributed by atoms with Crippen molar-refractivity contribution in [2.24, 2.45) is 7.05 Å². The Kier molecular flexibility index (Phi) is 4.75. The molecule has 0 bridgehead atoms. The molecular weight excluding hydrogens is 328 g/mol. The van der Waals surface area contributed by atoms with Gasteiger partial charge in [0.25, 0.3) is 10.0 Å². The predicted octanol–water partition coefficient (Wildman–Crippen LogP) is 0.704. The van der Waals surface area contributed by atoms with Gasteiger partial charge in [-0.1, -0.05) is 13.8 Å². The van der Waals surface area contributed by atoms with Crippen molar-refractivity contribution in [3.63, 3.8) is 0 Å². The summed E-state index contributed by atoms with van der Waals surface area (Å²) in [5.41, 5.74) is 0.915. The summed E-state index contributed by atoms with van der Waals surface area (Å²) < 4.78 is 31.1. The molecule has 1 aliphatic rings. The average molecular weight is 352 g/mol. The van der Waals surface area contributed by atoms with Crippen molar-refractivity contribution in [1.29, 1.82) is 0 Å². The number of likely N-dealkylation sites (N-methyl/N-ethyl adjacent to an activating group) is 1. The molecule has 2 aromatic rings. The van der Waals surface area contributed by atoms with Gasteiger partial charge >= 0.3 is 0 Å². The Labute approximate surface area is 142 Å². The molecule has 0 aliphatic carbocycles. The number of aryl methyl sites for hydroxylation is 1. The van der Waals surface area contributed by atoms with E-state index in [1.54, 1.807) is 30.3 Å². The molecule has 0 amide bonds. The molecule has 3 heterocycles. The minimum absolute atomic E-state index is 0.0506. The van der Waals surface area contributed by atoms with Crippen LogP contribution in [0.1, 0.15) is 25.6 Å². The van der Waals surface area contributed by atoms with E-state index in [4.69, 9.17) is 0 Å². The van der Waals surface area contributed by atoms with E-state index in [2.05, 4.69) is 33.3 Å². The van der Waals surface area contributed by atoms with E-state index >= 15 is 0 Å². The fourth-order valence-electron chi connectivity index (χ4n) is 3.11. The first-order chi connectivity index (χ1) is 11.5. The van der Waals surface area contributed by atoms with Crippen LogP contribution in [0, 0.1) is 0 Å². The minimum atomic E-state index is -3.60. The third-order valence-corrected chi connectivity index (χ3v) is 6.24. The summed E-state index contributed by atoms with van der Waals surface area (Å²) in [7, 11) is -1.84. The number of fused-ring (bicyclic) bond motifs is 1. The Morgan fingerprint density at radius 3 is 2.67 bits per heavy atom. The maximum absolute atomic E-state index is 12.9. The number of imidazole rings is 2. The van der Waals surface area contributed by atoms with Crippen LogP contribution in [-0.2, 0) is 23.6 Å². The van der Waals surface area contributed by atoms with E-state index in [0.29, 0.717) is 13.1 Å². The molecule has 0 aromatic carbocycles. The molecule has 132 valence electrons. The summed E-state index contributed by atoms with van der Waals surface area (Å²) >= 11 is 0. The Balaban J connectivity index is 1.89. The topological polar surface area (TPSA) is 76.3 Å². The zero-order chi connectivity index (χ0) is 17.3. The third kappa shape index (κ3) is 3.11. The highest BCUT2D eigenvalue weighted by Crippen LogP contribution is 2.26. The van der Waals surface area contributed by atoms with Crippen LogP contribution in [0.3, 0.4) is 0 Å². The number of sulfonamides is 1. The van der Waals surface area contributed by atoms with Gasteiger partial charge in [0, 0.05) is 32.5 Å². The Morgan fingerprint density at radius 2 is 2.04 bits per heavy atom. The quantitative estimate of drug-likeness (QED) is 0.765. The zero-order valence-corrected chi connectivity index (χ0v) is 15.1. The van der Waals surface area contributed by atoms with Gasteiger partial charge in [-0.25, -0.2) is 18.4 Å². The summed E-state index contributed by atoms with van der Waals surface area (Å²) in [4.78, 5) is 10.5. The monoisotopic (exact) mass is 352 g/mol. The van der Waals surface area contributed by atoms with E-state index in [-0.39, 0.29) is 11.1 Å². The smallest absolute Gasteiger partial charge is 0.262 e. The summed E-state index contributed by atoms with van der Waals surface area (Å²) in [6.45, 7) is 7.65. The van der Waals surface area contributed by atoms with Crippen molar-refractivity contribution >= 4 is 10.0 Å². The van der Waals surface area contributed by atoms with Gasteiger partial charge < -0.3 is 14.0 Å². The molecule has 0 saturated heterocycles. The van der Waals surface area contributed by atoms with E-state index in [0.717, 1.165) is 25.3 Å². The van der Waals surface area contributed by atoms with Crippen LogP contribution in [0.4, 0.5) is 0 Å². The second-order valence-corrected chi connectivity index (χ2v) is 7.99. The standard InChI is InChI=1S/C15H24N6O2S/c1-4-19(5-2)7-14-9-20(8-13-6-16-11-21(13)14)24(22,23)15-10-18(3)12-17-15/h6,10-12,14H,4-5,7-9H2,1-3H3/t14-/m1/s1. The van der Waals surface area contributed by atoms with Crippen LogP contribution < -0.4 is 0 Å². The van der Waals surface area contributed by atoms with Crippen LogP contribution in [0.5, 0.6) is 0 Å². The lowest BCUT2D eigenvalue weighted by molar-refractivity contribution is 0.201. The van der Waals surface area contributed by atoms with Crippen LogP contribution in [-0.4, -0.2) is 62.9 Å². The molecule has 2 aromatic heterocycles. The average Bonchev–Trinajstić information content (AvgIpc) is 3.21. The first-order valence-corrected chi connectivity index (χ1v) is 9.60. The molecule has 0 unspecified atom stereocenters. The van der Waals surface area contributed by atoms with Gasteiger partial charge in [0.05, 0.1) is 30.9 Å². The molecule has 3 rings (SSSR count). The fourth-order valence-corrected chi connectivity index (χ4v) is 4.53. The maximum Gasteiger partial charge on any atom is 0.262 e. The second kappa shape index (κ2) is 6.66. The number of hydrogen-bond acceptors (Lipinski definition) is 5. The molecule has 1 aliphatic heterocycles. The summed E-state index contributed by atoms with van der Waals surface area (Å²) in [5, 5.41) is 0.0968. The van der Waals surface area contributed by atoms with Crippen molar-refractivity contribution < 1.29 is 8.42 Å². The van der Waals surface area contributed by atoms with Gasteiger partial charge in [0.2, 0.25) is 0 Å². The first-order valence-electron chi connectivity index (χ1n) is 8.16. The summed E-state index contributed by atoms with van der Waals surface area (Å²) in [5.74, 6) is 0. The maximum atomic E-state index is 12.9. The molecule has 0 saturated carbocycles. The molecule has 1 atom stereocenters. The molecule has 0 radical (unpaired) electrons. The second-order valence-electron chi connectivity index (χ2n) is 6.11. The normalized spacial score (nSPS) is 18.9. The van der Waals surface area contributed by atoms with Crippen LogP contribution >= 0.6 is 0 Å². The lowest BCUT2D eigenvalue weighted by Crippen LogP contribution is -2.44. The molecule has 24 heavy (non-hydrogen) atoms. The molecule has 0 spiro atoms. The van der Waals surface area contributed by atoms with Crippen molar-refractivity contribution in [3.05, 3.63) is 30.7 Å². The predicted molar refractivity (Wildman–Crippen MR) is 89.9 cm³/mol. The Morgan fingerprint density at radius 1 is 1.29 bits per heavy atom. The zero-order valence-electron chi connectivity index (χ0n) is 14.3. The Hall–Kier alpha value is -1.71. The highest BCUT2D eigenvalue weighted by Gasteiger charge is 2.34. The lowest BCUT2D eigenvalue weighted by atomic mass is 10.2. The Bertz CT molecular complexity index is 793. The van der Waals surface area contributed by atoms with Crippen LogP contribution in [0.15, 0.2) is 30.1 Å². The SMILES string of the molecule is CCN(CC)C[C@@H]1CN(S(=O)(=O)c2cn(C)cn2)Cc2cncn21. The lowest BCUT2D eigenvalue weighted by Gasteiger charge is -2.35. The number of hydrogen-bond donors (Lipinski definition) is 0. The summed E-state index contributed by atoms with van der Waals surface area (Å²) in [6.07, 6.45) is 6.60. The van der Waals surface area contributed by atoms with E-state index in [9.17, 15) is 8.42 Å². The summed E-state index contributed by atoms with van der Waals surface area (Å²) in [6, 6.07) is 0.0506. The van der Waals surface area contributed by atoms with Gasteiger partial charge in [0.15, 0.2) is 5.03 Å². The van der Waals surface area contributed by atoms with Crippen LogP contribution in [0.25, 0.3) is 0 Å². The highest BCUT2D eigenvalue weighted by atomic mass is 32.2. The molecular formula is C15H24N6O2S. The van der Waals surface area contributed by atoms with Crippen molar-refractivity contribution in [3.8, 4) is 0 Å². The van der Waals surface area contributed by atoms with Crippen molar-refractivity contribution in [2.75, 3.05) is 26.2 Å².